The molecule has 0 aliphatic carbocycles. The number of amides is 4. The number of rotatable bonds is 8. The molecule has 2 aromatic carbocycles. The molecule has 0 N–H and O–H groups in total. The molecule has 0 aromatic heterocycles. The van der Waals surface area contributed by atoms with E-state index in [9.17, 15) is 45.5 Å². The van der Waals surface area contributed by atoms with Gasteiger partial charge in [0.15, 0.2) is 0 Å². The van der Waals surface area contributed by atoms with Crippen LogP contribution in [0.5, 0.6) is 0 Å². The monoisotopic (exact) mass is 750 g/mol. The second kappa shape index (κ2) is 15.8. The first-order valence-electron chi connectivity index (χ1n) is 16.1. The summed E-state index contributed by atoms with van der Waals surface area (Å²) < 4.78 is 81.4. The molecular weight excluding hydrogens is 713 g/mol. The average molecular weight is 752 g/mol. The molecule has 4 rings (SSSR count). The normalized spacial score (nSPS) is 17.7. The summed E-state index contributed by atoms with van der Waals surface area (Å²) in [5, 5.41) is 0.520. The van der Waals surface area contributed by atoms with Crippen LogP contribution < -0.4 is 4.90 Å². The Morgan fingerprint density at radius 1 is 0.820 bits per heavy atom. The van der Waals surface area contributed by atoms with Crippen molar-refractivity contribution in [3.05, 3.63) is 63.1 Å². The van der Waals surface area contributed by atoms with Crippen LogP contribution in [0.4, 0.5) is 36.8 Å². The van der Waals surface area contributed by atoms with Gasteiger partial charge in [-0.05, 0) is 55.2 Å². The Morgan fingerprint density at radius 3 is 1.96 bits per heavy atom. The van der Waals surface area contributed by atoms with Gasteiger partial charge in [-0.2, -0.15) is 26.3 Å². The fourth-order valence-electron chi connectivity index (χ4n) is 6.17. The van der Waals surface area contributed by atoms with Crippen molar-refractivity contribution >= 4 is 52.5 Å². The van der Waals surface area contributed by atoms with Gasteiger partial charge in [0.1, 0.15) is 5.78 Å². The van der Waals surface area contributed by atoms with Crippen LogP contribution in [0, 0.1) is 11.8 Å². The number of ketones is 1. The summed E-state index contributed by atoms with van der Waals surface area (Å²) in [6.07, 6.45) is -8.98. The third-order valence-electron chi connectivity index (χ3n) is 9.17. The number of piperidine rings is 1. The predicted molar refractivity (Wildman–Crippen MR) is 176 cm³/mol. The third kappa shape index (κ3) is 9.62. The van der Waals surface area contributed by atoms with Gasteiger partial charge in [0, 0.05) is 70.1 Å². The van der Waals surface area contributed by atoms with E-state index < -0.39 is 47.2 Å². The van der Waals surface area contributed by atoms with E-state index >= 15 is 0 Å². The maximum absolute atomic E-state index is 13.8. The van der Waals surface area contributed by atoms with Crippen molar-refractivity contribution in [2.24, 2.45) is 11.8 Å². The first-order valence-corrected chi connectivity index (χ1v) is 16.9. The van der Waals surface area contributed by atoms with Gasteiger partial charge in [0.2, 0.25) is 11.8 Å². The van der Waals surface area contributed by atoms with Gasteiger partial charge in [0.05, 0.1) is 27.2 Å². The smallest absolute Gasteiger partial charge is 0.343 e. The fourth-order valence-corrected chi connectivity index (χ4v) is 6.49. The SMILES string of the molecule is CC(C)C(=O)CCC(=O)N1CCC(C(=O)N2CCN(C(=O)N(C)c3cc(C(F)(F)F)cc(C(F)(F)F)c3)[C@H](Cc3ccc(Cl)c(Cl)c3)C2)CC1. The number of likely N-dealkylation sites (tertiary alicyclic amines) is 1. The standard InChI is InChI=1S/C34H38Cl2F6N4O4/c1-20(2)29(47)6-7-30(48)44-10-8-22(9-11-44)31(49)45-12-13-46(26(19-45)14-21-4-5-27(35)28(36)15-21)32(50)43(3)25-17-23(33(37,38)39)16-24(18-25)34(40,41)42/h4-5,15-18,20,22,26H,6-14,19H2,1-3H3/t26-/m1/s1. The zero-order valence-corrected chi connectivity index (χ0v) is 29.2. The number of benzene rings is 2. The highest BCUT2D eigenvalue weighted by Gasteiger charge is 2.40. The number of hydrogen-bond acceptors (Lipinski definition) is 4. The second-order valence-electron chi connectivity index (χ2n) is 13.0. The van der Waals surface area contributed by atoms with E-state index in [1.54, 1.807) is 41.8 Å². The van der Waals surface area contributed by atoms with Crippen molar-refractivity contribution in [2.75, 3.05) is 44.7 Å². The number of carbonyl (C=O) groups is 4. The van der Waals surface area contributed by atoms with Crippen LogP contribution in [0.25, 0.3) is 0 Å². The molecule has 0 saturated carbocycles. The summed E-state index contributed by atoms with van der Waals surface area (Å²) in [4.78, 5) is 57.5. The van der Waals surface area contributed by atoms with Crippen LogP contribution in [0.15, 0.2) is 36.4 Å². The number of Topliss-reactive ketones (excluding diaryl/α,β-unsaturated/α-hetero) is 1. The van der Waals surface area contributed by atoms with Gasteiger partial charge in [-0.15, -0.1) is 0 Å². The van der Waals surface area contributed by atoms with Gasteiger partial charge in [0.25, 0.3) is 0 Å². The van der Waals surface area contributed by atoms with Crippen molar-refractivity contribution in [1.82, 2.24) is 14.7 Å². The van der Waals surface area contributed by atoms with Gasteiger partial charge in [-0.25, -0.2) is 4.79 Å². The Balaban J connectivity index is 1.52. The van der Waals surface area contributed by atoms with E-state index in [1.165, 1.54) is 4.90 Å². The van der Waals surface area contributed by atoms with E-state index in [1.807, 2.05) is 0 Å². The third-order valence-corrected chi connectivity index (χ3v) is 9.91. The Morgan fingerprint density at radius 2 is 1.42 bits per heavy atom. The number of alkyl halides is 6. The maximum atomic E-state index is 13.8. The Hall–Kier alpha value is -3.52. The van der Waals surface area contributed by atoms with E-state index in [2.05, 4.69) is 0 Å². The Bertz CT molecular complexity index is 1560. The highest BCUT2D eigenvalue weighted by Crippen LogP contribution is 2.39. The number of urea groups is 1. The van der Waals surface area contributed by atoms with Crippen molar-refractivity contribution in [3.8, 4) is 0 Å². The molecule has 2 aromatic rings. The lowest BCUT2D eigenvalue weighted by molar-refractivity contribution is -0.143. The van der Waals surface area contributed by atoms with Crippen molar-refractivity contribution in [2.45, 2.75) is 64.3 Å². The lowest BCUT2D eigenvalue weighted by atomic mass is 9.93. The number of hydrogen-bond donors (Lipinski definition) is 0. The summed E-state index contributed by atoms with van der Waals surface area (Å²) in [7, 11) is 1.10. The number of piperazine rings is 1. The quantitative estimate of drug-likeness (QED) is 0.261. The molecule has 8 nitrogen and oxygen atoms in total. The second-order valence-corrected chi connectivity index (χ2v) is 13.8. The lowest BCUT2D eigenvalue weighted by Gasteiger charge is -2.44. The minimum atomic E-state index is -5.10. The molecule has 0 radical (unpaired) electrons. The topological polar surface area (TPSA) is 81.2 Å². The van der Waals surface area contributed by atoms with Crippen LogP contribution in [0.1, 0.15) is 56.2 Å². The first kappa shape index (κ1) is 39.3. The Kier molecular flexibility index (Phi) is 12.4. The highest BCUT2D eigenvalue weighted by atomic mass is 35.5. The minimum absolute atomic E-state index is 0.00328. The molecule has 4 amide bonds. The molecule has 2 aliphatic heterocycles. The predicted octanol–water partition coefficient (Wildman–Crippen LogP) is 7.59. The zero-order chi connectivity index (χ0) is 37.1. The summed E-state index contributed by atoms with van der Waals surface area (Å²) in [6, 6.07) is 4.20. The summed E-state index contributed by atoms with van der Waals surface area (Å²) >= 11 is 12.3. The van der Waals surface area contributed by atoms with Gasteiger partial charge in [-0.1, -0.05) is 43.1 Å². The molecule has 2 saturated heterocycles. The van der Waals surface area contributed by atoms with Crippen LogP contribution in [0.2, 0.25) is 10.0 Å². The van der Waals surface area contributed by atoms with Crippen molar-refractivity contribution in [1.29, 1.82) is 0 Å². The maximum Gasteiger partial charge on any atom is 0.416 e. The minimum Gasteiger partial charge on any atom is -0.343 e. The number of anilines is 1. The summed E-state index contributed by atoms with van der Waals surface area (Å²) in [5.74, 6) is -0.891. The molecule has 2 fully saturated rings. The molecule has 2 heterocycles. The zero-order valence-electron chi connectivity index (χ0n) is 27.7. The average Bonchev–Trinajstić information content (AvgIpc) is 3.06. The molecule has 16 heteroatoms. The number of carbonyl (C=O) groups excluding carboxylic acids is 4. The molecular formula is C34H38Cl2F6N4O4. The van der Waals surface area contributed by atoms with Crippen LogP contribution in [-0.4, -0.2) is 84.1 Å². The van der Waals surface area contributed by atoms with Crippen molar-refractivity contribution < 1.29 is 45.5 Å². The molecule has 50 heavy (non-hydrogen) atoms. The largest absolute Gasteiger partial charge is 0.416 e. The van der Waals surface area contributed by atoms with E-state index in [4.69, 9.17) is 23.2 Å². The van der Waals surface area contributed by atoms with E-state index in [0.717, 1.165) is 11.9 Å². The van der Waals surface area contributed by atoms with Crippen LogP contribution in [0.3, 0.4) is 0 Å². The first-order chi connectivity index (χ1) is 23.3. The Labute approximate surface area is 296 Å². The molecule has 2 aliphatic rings. The van der Waals surface area contributed by atoms with E-state index in [-0.39, 0.29) is 78.5 Å². The molecule has 274 valence electrons. The van der Waals surface area contributed by atoms with Gasteiger partial charge >= 0.3 is 18.4 Å². The fraction of sp³-hybridized carbons (Fsp3) is 0.529. The lowest BCUT2D eigenvalue weighted by Crippen LogP contribution is -2.60. The van der Waals surface area contributed by atoms with Gasteiger partial charge < -0.3 is 14.7 Å². The number of halogens is 8. The molecule has 0 spiro atoms. The van der Waals surface area contributed by atoms with Crippen molar-refractivity contribution in [3.63, 3.8) is 0 Å². The summed E-state index contributed by atoms with van der Waals surface area (Å²) in [5.41, 5.74) is -3.07. The van der Waals surface area contributed by atoms with Crippen LogP contribution >= 0.6 is 23.2 Å². The highest BCUT2D eigenvalue weighted by molar-refractivity contribution is 6.42. The summed E-state index contributed by atoms with van der Waals surface area (Å²) in [6.45, 7) is 4.30. The van der Waals surface area contributed by atoms with E-state index in [0.29, 0.717) is 43.6 Å². The van der Waals surface area contributed by atoms with Gasteiger partial charge in [-0.3, -0.25) is 19.3 Å². The molecule has 0 unspecified atom stereocenters. The molecule has 1 atom stereocenters. The number of nitrogens with zero attached hydrogens (tertiary/aromatic N) is 4. The van der Waals surface area contributed by atoms with Crippen LogP contribution in [-0.2, 0) is 33.2 Å². The molecule has 0 bridgehead atoms.